The van der Waals surface area contributed by atoms with Gasteiger partial charge in [-0.05, 0) is 45.2 Å². The quantitative estimate of drug-likeness (QED) is 0.790. The molecule has 0 bridgehead atoms. The molecule has 0 spiro atoms. The van der Waals surface area contributed by atoms with Crippen LogP contribution in [0.15, 0.2) is 28.8 Å². The van der Waals surface area contributed by atoms with Crippen molar-refractivity contribution < 1.29 is 9.32 Å². The molecule has 0 radical (unpaired) electrons. The van der Waals surface area contributed by atoms with Crippen molar-refractivity contribution >= 4 is 16.9 Å². The molecule has 1 unspecified atom stereocenters. The first-order valence-electron chi connectivity index (χ1n) is 8.79. The van der Waals surface area contributed by atoms with Crippen LogP contribution in [0.1, 0.15) is 48.1 Å². The topological polar surface area (TPSA) is 75.0 Å². The predicted octanol–water partition coefficient (Wildman–Crippen LogP) is 3.46. The van der Waals surface area contributed by atoms with Gasteiger partial charge in [0.2, 0.25) is 5.91 Å². The summed E-state index contributed by atoms with van der Waals surface area (Å²) in [6.07, 6.45) is 3.11. The van der Waals surface area contributed by atoms with Crippen LogP contribution in [0, 0.1) is 13.8 Å². The maximum Gasteiger partial charge on any atom is 0.223 e. The van der Waals surface area contributed by atoms with Gasteiger partial charge in [-0.15, -0.1) is 0 Å². The van der Waals surface area contributed by atoms with Crippen molar-refractivity contribution in [1.82, 2.24) is 20.0 Å². The molecular weight excluding hydrogens is 316 g/mol. The number of fused-ring (bicyclic) bond motifs is 1. The average Bonchev–Trinajstić information content (AvgIpc) is 3.31. The molecule has 1 saturated heterocycles. The van der Waals surface area contributed by atoms with Gasteiger partial charge in [0, 0.05) is 18.5 Å². The molecule has 1 atom stereocenters. The molecule has 4 rings (SSSR count). The highest BCUT2D eigenvalue weighted by Gasteiger charge is 2.32. The van der Waals surface area contributed by atoms with Gasteiger partial charge in [0.1, 0.15) is 11.6 Å². The largest absolute Gasteiger partial charge is 0.361 e. The number of carbonyl (C=O) groups is 1. The van der Waals surface area contributed by atoms with Crippen LogP contribution in [0.2, 0.25) is 0 Å². The second-order valence-electron chi connectivity index (χ2n) is 6.69. The standard InChI is InChI=1S/C19H22N4O2/c1-12-14(13(2)25-22-12)9-10-18(24)23-11-5-8-17(23)19-20-15-6-3-4-7-16(15)21-19/h3-4,6-7,17H,5,8-11H2,1-2H3,(H,20,21). The van der Waals surface area contributed by atoms with E-state index in [1.165, 1.54) is 0 Å². The number of nitrogens with one attached hydrogen (secondary N) is 1. The molecule has 1 amide bonds. The molecule has 1 fully saturated rings. The van der Waals surface area contributed by atoms with Crippen LogP contribution in [-0.4, -0.2) is 32.5 Å². The van der Waals surface area contributed by atoms with E-state index in [1.807, 2.05) is 43.0 Å². The van der Waals surface area contributed by atoms with Crippen LogP contribution >= 0.6 is 0 Å². The molecule has 6 heteroatoms. The molecule has 1 N–H and O–H groups in total. The molecule has 25 heavy (non-hydrogen) atoms. The third-order valence-electron chi connectivity index (χ3n) is 5.07. The third kappa shape index (κ3) is 2.92. The Bertz CT molecular complexity index is 859. The lowest BCUT2D eigenvalue weighted by molar-refractivity contribution is -0.132. The lowest BCUT2D eigenvalue weighted by Crippen LogP contribution is -2.31. The summed E-state index contributed by atoms with van der Waals surface area (Å²) in [5.74, 6) is 1.87. The molecule has 6 nitrogen and oxygen atoms in total. The summed E-state index contributed by atoms with van der Waals surface area (Å²) in [5.41, 5.74) is 3.90. The first-order valence-corrected chi connectivity index (χ1v) is 8.79. The highest BCUT2D eigenvalue weighted by atomic mass is 16.5. The first kappa shape index (κ1) is 15.9. The Labute approximate surface area is 146 Å². The highest BCUT2D eigenvalue weighted by Crippen LogP contribution is 2.32. The first-order chi connectivity index (χ1) is 12.1. The second-order valence-corrected chi connectivity index (χ2v) is 6.69. The van der Waals surface area contributed by atoms with Crippen LogP contribution < -0.4 is 0 Å². The van der Waals surface area contributed by atoms with E-state index < -0.39 is 0 Å². The molecule has 1 aromatic carbocycles. The fourth-order valence-electron chi connectivity index (χ4n) is 3.71. The average molecular weight is 338 g/mol. The van der Waals surface area contributed by atoms with Gasteiger partial charge < -0.3 is 14.4 Å². The van der Waals surface area contributed by atoms with Gasteiger partial charge in [0.15, 0.2) is 0 Å². The zero-order chi connectivity index (χ0) is 17.4. The van der Waals surface area contributed by atoms with E-state index >= 15 is 0 Å². The number of rotatable bonds is 4. The number of aromatic amines is 1. The van der Waals surface area contributed by atoms with Crippen molar-refractivity contribution in [2.24, 2.45) is 0 Å². The minimum Gasteiger partial charge on any atom is -0.361 e. The smallest absolute Gasteiger partial charge is 0.223 e. The number of para-hydroxylation sites is 2. The lowest BCUT2D eigenvalue weighted by atomic mass is 10.1. The number of nitrogens with zero attached hydrogens (tertiary/aromatic N) is 3. The summed E-state index contributed by atoms with van der Waals surface area (Å²) in [7, 11) is 0. The van der Waals surface area contributed by atoms with Crippen LogP contribution in [-0.2, 0) is 11.2 Å². The fraction of sp³-hybridized carbons (Fsp3) is 0.421. The number of imidazole rings is 1. The van der Waals surface area contributed by atoms with Gasteiger partial charge in [-0.25, -0.2) is 4.98 Å². The number of likely N-dealkylation sites (tertiary alicyclic amines) is 1. The number of benzene rings is 1. The van der Waals surface area contributed by atoms with Crippen LogP contribution in [0.5, 0.6) is 0 Å². The normalized spacial score (nSPS) is 17.5. The minimum absolute atomic E-state index is 0.0459. The number of aromatic nitrogens is 3. The van der Waals surface area contributed by atoms with E-state index in [0.29, 0.717) is 12.8 Å². The molecule has 2 aromatic heterocycles. The Hall–Kier alpha value is -2.63. The number of H-pyrrole nitrogens is 1. The molecule has 0 saturated carbocycles. The fourth-order valence-corrected chi connectivity index (χ4v) is 3.71. The maximum atomic E-state index is 12.8. The van der Waals surface area contributed by atoms with Crippen molar-refractivity contribution in [3.8, 4) is 0 Å². The molecule has 0 aliphatic carbocycles. The predicted molar refractivity (Wildman–Crippen MR) is 94.1 cm³/mol. The van der Waals surface area contributed by atoms with E-state index in [9.17, 15) is 4.79 Å². The Kier molecular flexibility index (Phi) is 4.03. The molecule has 1 aliphatic heterocycles. The Morgan fingerprint density at radius 3 is 2.96 bits per heavy atom. The van der Waals surface area contributed by atoms with Crippen molar-refractivity contribution in [3.63, 3.8) is 0 Å². The zero-order valence-electron chi connectivity index (χ0n) is 14.6. The number of hydrogen-bond acceptors (Lipinski definition) is 4. The molecule has 130 valence electrons. The van der Waals surface area contributed by atoms with Gasteiger partial charge in [-0.2, -0.15) is 0 Å². The van der Waals surface area contributed by atoms with Crippen LogP contribution in [0.4, 0.5) is 0 Å². The number of hydrogen-bond donors (Lipinski definition) is 1. The summed E-state index contributed by atoms with van der Waals surface area (Å²) in [6, 6.07) is 8.03. The Morgan fingerprint density at radius 2 is 2.20 bits per heavy atom. The van der Waals surface area contributed by atoms with E-state index in [-0.39, 0.29) is 11.9 Å². The molecular formula is C19H22N4O2. The van der Waals surface area contributed by atoms with Gasteiger partial charge in [-0.3, -0.25) is 4.79 Å². The zero-order valence-corrected chi connectivity index (χ0v) is 14.6. The van der Waals surface area contributed by atoms with E-state index in [2.05, 4.69) is 10.1 Å². The van der Waals surface area contributed by atoms with Gasteiger partial charge in [-0.1, -0.05) is 17.3 Å². The lowest BCUT2D eigenvalue weighted by Gasteiger charge is -2.23. The molecule has 3 aromatic rings. The van der Waals surface area contributed by atoms with Gasteiger partial charge in [0.25, 0.3) is 0 Å². The van der Waals surface area contributed by atoms with E-state index in [1.54, 1.807) is 0 Å². The summed E-state index contributed by atoms with van der Waals surface area (Å²) in [6.45, 7) is 4.61. The summed E-state index contributed by atoms with van der Waals surface area (Å²) in [5, 5.41) is 3.96. The van der Waals surface area contributed by atoms with Gasteiger partial charge in [0.05, 0.1) is 22.8 Å². The van der Waals surface area contributed by atoms with Crippen molar-refractivity contribution in [1.29, 1.82) is 0 Å². The summed E-state index contributed by atoms with van der Waals surface area (Å²) < 4.78 is 5.19. The number of amides is 1. The minimum atomic E-state index is 0.0459. The molecule has 3 heterocycles. The Morgan fingerprint density at radius 1 is 1.36 bits per heavy atom. The summed E-state index contributed by atoms with van der Waals surface area (Å²) in [4.78, 5) is 22.8. The summed E-state index contributed by atoms with van der Waals surface area (Å²) >= 11 is 0. The van der Waals surface area contributed by atoms with Crippen molar-refractivity contribution in [2.45, 2.75) is 45.6 Å². The van der Waals surface area contributed by atoms with Gasteiger partial charge >= 0.3 is 0 Å². The molecule has 1 aliphatic rings. The van der Waals surface area contributed by atoms with Crippen molar-refractivity contribution in [3.05, 3.63) is 47.1 Å². The van der Waals surface area contributed by atoms with E-state index in [0.717, 1.165) is 53.3 Å². The highest BCUT2D eigenvalue weighted by molar-refractivity contribution is 5.78. The van der Waals surface area contributed by atoms with E-state index in [4.69, 9.17) is 9.51 Å². The van der Waals surface area contributed by atoms with Crippen molar-refractivity contribution in [2.75, 3.05) is 6.54 Å². The monoisotopic (exact) mass is 338 g/mol. The van der Waals surface area contributed by atoms with Crippen LogP contribution in [0.25, 0.3) is 11.0 Å². The second kappa shape index (κ2) is 6.35. The SMILES string of the molecule is Cc1noc(C)c1CCC(=O)N1CCCC1c1nc2ccccc2[nH]1. The Balaban J connectivity index is 1.49. The third-order valence-corrected chi connectivity index (χ3v) is 5.07. The number of carbonyl (C=O) groups excluding carboxylic acids is 1. The number of aryl methyl sites for hydroxylation is 2. The maximum absolute atomic E-state index is 12.8. The van der Waals surface area contributed by atoms with Crippen LogP contribution in [0.3, 0.4) is 0 Å².